The number of aromatic nitrogens is 3. The van der Waals surface area contributed by atoms with Crippen LogP contribution in [0.2, 0.25) is 5.02 Å². The predicted octanol–water partition coefficient (Wildman–Crippen LogP) is 2.90. The van der Waals surface area contributed by atoms with Crippen molar-refractivity contribution in [1.82, 2.24) is 14.8 Å². The molecule has 0 bridgehead atoms. The Hall–Kier alpha value is -0.870. The van der Waals surface area contributed by atoms with Crippen molar-refractivity contribution in [3.8, 4) is 11.4 Å². The van der Waals surface area contributed by atoms with E-state index in [9.17, 15) is 0 Å². The Morgan fingerprint density at radius 1 is 1.43 bits per heavy atom. The molecule has 0 radical (unpaired) electrons. The fraction of sp³-hybridized carbons (Fsp3) is 0.111. The Morgan fingerprint density at radius 2 is 2.21 bits per heavy atom. The SMILES string of the molecule is Cn1cnc(-c2ccc(Br)cc2Cl)n1. The zero-order chi connectivity index (χ0) is 10.1. The molecule has 0 atom stereocenters. The van der Waals surface area contributed by atoms with Gasteiger partial charge in [-0.3, -0.25) is 4.68 Å². The van der Waals surface area contributed by atoms with Gasteiger partial charge in [-0.25, -0.2) is 4.98 Å². The molecule has 3 nitrogen and oxygen atoms in total. The molecule has 0 saturated carbocycles. The molecule has 0 aliphatic heterocycles. The van der Waals surface area contributed by atoms with Gasteiger partial charge in [-0.05, 0) is 18.2 Å². The number of nitrogens with zero attached hydrogens (tertiary/aromatic N) is 3. The van der Waals surface area contributed by atoms with Crippen LogP contribution < -0.4 is 0 Å². The molecule has 0 amide bonds. The monoisotopic (exact) mass is 271 g/mol. The van der Waals surface area contributed by atoms with Crippen LogP contribution in [-0.4, -0.2) is 14.8 Å². The van der Waals surface area contributed by atoms with Crippen LogP contribution in [0.4, 0.5) is 0 Å². The van der Waals surface area contributed by atoms with Crippen molar-refractivity contribution in [3.05, 3.63) is 34.0 Å². The van der Waals surface area contributed by atoms with E-state index in [2.05, 4.69) is 26.0 Å². The van der Waals surface area contributed by atoms with E-state index in [1.165, 1.54) is 0 Å². The molecule has 0 saturated heterocycles. The molecule has 0 N–H and O–H groups in total. The van der Waals surface area contributed by atoms with Crippen LogP contribution in [0.1, 0.15) is 0 Å². The van der Waals surface area contributed by atoms with Gasteiger partial charge in [0.2, 0.25) is 0 Å². The van der Waals surface area contributed by atoms with E-state index >= 15 is 0 Å². The molecule has 2 aromatic rings. The van der Waals surface area contributed by atoms with Crippen LogP contribution in [-0.2, 0) is 7.05 Å². The molecule has 1 aromatic carbocycles. The maximum absolute atomic E-state index is 6.05. The van der Waals surface area contributed by atoms with Gasteiger partial charge in [-0.2, -0.15) is 5.10 Å². The van der Waals surface area contributed by atoms with Crippen LogP contribution in [0.25, 0.3) is 11.4 Å². The van der Waals surface area contributed by atoms with Crippen LogP contribution in [0, 0.1) is 0 Å². The zero-order valence-corrected chi connectivity index (χ0v) is 9.75. The topological polar surface area (TPSA) is 30.7 Å². The number of hydrogen-bond donors (Lipinski definition) is 0. The third-order valence-electron chi connectivity index (χ3n) is 1.77. The van der Waals surface area contributed by atoms with E-state index in [4.69, 9.17) is 11.6 Å². The Balaban J connectivity index is 2.52. The molecule has 72 valence electrons. The van der Waals surface area contributed by atoms with Crippen molar-refractivity contribution < 1.29 is 0 Å². The maximum Gasteiger partial charge on any atom is 0.182 e. The lowest BCUT2D eigenvalue weighted by molar-refractivity contribution is 0.768. The molecule has 0 unspecified atom stereocenters. The van der Waals surface area contributed by atoms with Crippen molar-refractivity contribution in [3.63, 3.8) is 0 Å². The van der Waals surface area contributed by atoms with E-state index < -0.39 is 0 Å². The van der Waals surface area contributed by atoms with Gasteiger partial charge in [0.1, 0.15) is 6.33 Å². The van der Waals surface area contributed by atoms with E-state index in [1.807, 2.05) is 25.2 Å². The Bertz CT molecular complexity index is 467. The zero-order valence-electron chi connectivity index (χ0n) is 7.41. The summed E-state index contributed by atoms with van der Waals surface area (Å²) < 4.78 is 2.59. The highest BCUT2D eigenvalue weighted by molar-refractivity contribution is 9.10. The smallest absolute Gasteiger partial charge is 0.182 e. The molecule has 14 heavy (non-hydrogen) atoms. The van der Waals surface area contributed by atoms with Gasteiger partial charge in [-0.1, -0.05) is 27.5 Å². The summed E-state index contributed by atoms with van der Waals surface area (Å²) in [6.07, 6.45) is 1.65. The summed E-state index contributed by atoms with van der Waals surface area (Å²) in [4.78, 5) is 4.13. The lowest BCUT2D eigenvalue weighted by Crippen LogP contribution is -1.88. The van der Waals surface area contributed by atoms with Crippen molar-refractivity contribution in [1.29, 1.82) is 0 Å². The minimum Gasteiger partial charge on any atom is -0.255 e. The van der Waals surface area contributed by atoms with Gasteiger partial charge >= 0.3 is 0 Å². The largest absolute Gasteiger partial charge is 0.255 e. The highest BCUT2D eigenvalue weighted by atomic mass is 79.9. The second-order valence-corrected chi connectivity index (χ2v) is 4.19. The molecule has 1 aromatic heterocycles. The standard InChI is InChI=1S/C9H7BrClN3/c1-14-5-12-9(13-14)7-3-2-6(10)4-8(7)11/h2-5H,1H3. The molecular weight excluding hydrogens is 265 g/mol. The molecule has 5 heteroatoms. The van der Waals surface area contributed by atoms with E-state index in [0.717, 1.165) is 10.0 Å². The predicted molar refractivity (Wildman–Crippen MR) is 59.1 cm³/mol. The second kappa shape index (κ2) is 3.71. The fourth-order valence-electron chi connectivity index (χ4n) is 1.13. The highest BCUT2D eigenvalue weighted by Crippen LogP contribution is 2.27. The van der Waals surface area contributed by atoms with Crippen molar-refractivity contribution >= 4 is 27.5 Å². The lowest BCUT2D eigenvalue weighted by Gasteiger charge is -1.99. The number of aryl methyl sites for hydroxylation is 1. The van der Waals surface area contributed by atoms with Gasteiger partial charge in [0, 0.05) is 17.1 Å². The second-order valence-electron chi connectivity index (χ2n) is 2.87. The summed E-state index contributed by atoms with van der Waals surface area (Å²) >= 11 is 9.40. The maximum atomic E-state index is 6.05. The molecule has 0 aliphatic carbocycles. The van der Waals surface area contributed by atoms with Crippen molar-refractivity contribution in [2.75, 3.05) is 0 Å². The quantitative estimate of drug-likeness (QED) is 0.799. The Kier molecular flexibility index (Phi) is 2.56. The Morgan fingerprint density at radius 3 is 2.79 bits per heavy atom. The number of benzene rings is 1. The fourth-order valence-corrected chi connectivity index (χ4v) is 1.89. The van der Waals surface area contributed by atoms with Gasteiger partial charge in [-0.15, -0.1) is 0 Å². The summed E-state index contributed by atoms with van der Waals surface area (Å²) in [6, 6.07) is 5.63. The summed E-state index contributed by atoms with van der Waals surface area (Å²) in [5, 5.41) is 4.82. The van der Waals surface area contributed by atoms with E-state index in [0.29, 0.717) is 10.8 Å². The summed E-state index contributed by atoms with van der Waals surface area (Å²) in [5.74, 6) is 0.644. The summed E-state index contributed by atoms with van der Waals surface area (Å²) in [7, 11) is 1.82. The average molecular weight is 273 g/mol. The molecular formula is C9H7BrClN3. The number of hydrogen-bond acceptors (Lipinski definition) is 2. The number of halogens is 2. The van der Waals surface area contributed by atoms with Gasteiger partial charge in [0.15, 0.2) is 5.82 Å². The highest BCUT2D eigenvalue weighted by Gasteiger charge is 2.07. The minimum absolute atomic E-state index is 0.644. The van der Waals surface area contributed by atoms with Crippen LogP contribution in [0.5, 0.6) is 0 Å². The van der Waals surface area contributed by atoms with Gasteiger partial charge in [0.25, 0.3) is 0 Å². The molecule has 0 spiro atoms. The lowest BCUT2D eigenvalue weighted by atomic mass is 10.2. The molecule has 2 rings (SSSR count). The normalized spacial score (nSPS) is 10.5. The van der Waals surface area contributed by atoms with Crippen LogP contribution in [0.3, 0.4) is 0 Å². The molecule has 1 heterocycles. The van der Waals surface area contributed by atoms with Crippen molar-refractivity contribution in [2.45, 2.75) is 0 Å². The molecule has 0 fully saturated rings. The van der Waals surface area contributed by atoms with Crippen molar-refractivity contribution in [2.24, 2.45) is 7.05 Å². The van der Waals surface area contributed by atoms with Gasteiger partial charge < -0.3 is 0 Å². The van der Waals surface area contributed by atoms with Crippen LogP contribution in [0.15, 0.2) is 29.0 Å². The summed E-state index contributed by atoms with van der Waals surface area (Å²) in [6.45, 7) is 0. The number of rotatable bonds is 1. The first kappa shape index (κ1) is 9.68. The average Bonchev–Trinajstić information content (AvgIpc) is 2.51. The summed E-state index contributed by atoms with van der Waals surface area (Å²) in [5.41, 5.74) is 0.843. The first-order chi connectivity index (χ1) is 6.66. The first-order valence-corrected chi connectivity index (χ1v) is 5.15. The molecule has 0 aliphatic rings. The first-order valence-electron chi connectivity index (χ1n) is 3.98. The third kappa shape index (κ3) is 1.81. The Labute approximate surface area is 94.9 Å². The van der Waals surface area contributed by atoms with E-state index in [1.54, 1.807) is 11.0 Å². The van der Waals surface area contributed by atoms with E-state index in [-0.39, 0.29) is 0 Å². The van der Waals surface area contributed by atoms with Gasteiger partial charge in [0.05, 0.1) is 5.02 Å². The minimum atomic E-state index is 0.644. The van der Waals surface area contributed by atoms with Crippen LogP contribution >= 0.6 is 27.5 Å². The third-order valence-corrected chi connectivity index (χ3v) is 2.58.